The summed E-state index contributed by atoms with van der Waals surface area (Å²) in [5.41, 5.74) is 4.54. The third kappa shape index (κ3) is 2.56. The summed E-state index contributed by atoms with van der Waals surface area (Å²) < 4.78 is 0. The fraction of sp³-hybridized carbons (Fsp3) is 0.600. The molecule has 0 radical (unpaired) electrons. The first kappa shape index (κ1) is 13.9. The Kier molecular flexibility index (Phi) is 4.44. The first-order chi connectivity index (χ1) is 7.93. The molecule has 1 aromatic carbocycles. The van der Waals surface area contributed by atoms with Crippen molar-refractivity contribution in [3.63, 3.8) is 0 Å². The topological polar surface area (TPSA) is 23.5 Å². The molecule has 0 fully saturated rings. The summed E-state index contributed by atoms with van der Waals surface area (Å²) in [7, 11) is 0. The van der Waals surface area contributed by atoms with Crippen molar-refractivity contribution in [1.82, 2.24) is 0 Å². The molecular weight excluding hydrogens is 210 g/mol. The summed E-state index contributed by atoms with van der Waals surface area (Å²) in [6.07, 6.45) is 0. The lowest BCUT2D eigenvalue weighted by molar-refractivity contribution is 0.469. The molecule has 96 valence electrons. The van der Waals surface area contributed by atoms with E-state index >= 15 is 0 Å². The molecular formula is C15H25NO. The first-order valence-electron chi connectivity index (χ1n) is 6.51. The molecule has 0 aliphatic carbocycles. The fourth-order valence-corrected chi connectivity index (χ4v) is 2.44. The van der Waals surface area contributed by atoms with Crippen LogP contribution in [0.2, 0.25) is 0 Å². The average molecular weight is 235 g/mol. The second-order valence-corrected chi connectivity index (χ2v) is 4.93. The number of phenols is 1. The van der Waals surface area contributed by atoms with Crippen LogP contribution in [-0.2, 0) is 0 Å². The lowest BCUT2D eigenvalue weighted by Gasteiger charge is -2.27. The van der Waals surface area contributed by atoms with Crippen LogP contribution in [-0.4, -0.2) is 18.2 Å². The summed E-state index contributed by atoms with van der Waals surface area (Å²) in [4.78, 5) is 2.23. The van der Waals surface area contributed by atoms with Gasteiger partial charge in [0.05, 0.1) is 5.69 Å². The molecule has 0 aliphatic heterocycles. The van der Waals surface area contributed by atoms with Gasteiger partial charge in [-0.15, -0.1) is 0 Å². The molecule has 2 heteroatoms. The monoisotopic (exact) mass is 235 g/mol. The van der Waals surface area contributed by atoms with Gasteiger partial charge in [0.15, 0.2) is 0 Å². The molecule has 0 bridgehead atoms. The van der Waals surface area contributed by atoms with E-state index in [2.05, 4.69) is 45.6 Å². The van der Waals surface area contributed by atoms with Crippen molar-refractivity contribution in [3.8, 4) is 5.75 Å². The van der Waals surface area contributed by atoms with E-state index in [0.717, 1.165) is 24.3 Å². The smallest absolute Gasteiger partial charge is 0.142 e. The predicted molar refractivity (Wildman–Crippen MR) is 75.2 cm³/mol. The van der Waals surface area contributed by atoms with Crippen molar-refractivity contribution in [3.05, 3.63) is 22.8 Å². The number of phenolic OH excluding ortho intramolecular Hbond substituents is 1. The largest absolute Gasteiger partial charge is 0.505 e. The molecule has 0 heterocycles. The number of aryl methyl sites for hydroxylation is 1. The summed E-state index contributed by atoms with van der Waals surface area (Å²) in [6.45, 7) is 14.6. The lowest BCUT2D eigenvalue weighted by atomic mass is 9.93. The van der Waals surface area contributed by atoms with Crippen LogP contribution in [0, 0.1) is 13.8 Å². The zero-order valence-corrected chi connectivity index (χ0v) is 12.0. The Hall–Kier alpha value is -1.18. The van der Waals surface area contributed by atoms with Crippen LogP contribution in [0.1, 0.15) is 50.3 Å². The summed E-state index contributed by atoms with van der Waals surface area (Å²) in [5, 5.41) is 10.3. The minimum atomic E-state index is 0.440. The third-order valence-corrected chi connectivity index (χ3v) is 3.46. The van der Waals surface area contributed by atoms with Crippen molar-refractivity contribution in [2.45, 2.75) is 47.5 Å². The van der Waals surface area contributed by atoms with Crippen LogP contribution in [0.5, 0.6) is 5.75 Å². The summed E-state index contributed by atoms with van der Waals surface area (Å²) >= 11 is 0. The molecule has 2 nitrogen and oxygen atoms in total. The molecule has 0 atom stereocenters. The number of hydrogen-bond acceptors (Lipinski definition) is 2. The standard InChI is InChI=1S/C15H25NO/c1-7-16(8-2)14-12(6)13(10(3)4)9-11(5)15(14)17/h9-10,17H,7-8H2,1-6H3. The molecule has 1 rings (SSSR count). The molecule has 0 aliphatic rings. The second kappa shape index (κ2) is 5.44. The van der Waals surface area contributed by atoms with Gasteiger partial charge in [0.1, 0.15) is 5.75 Å². The van der Waals surface area contributed by atoms with Gasteiger partial charge in [-0.05, 0) is 50.3 Å². The van der Waals surface area contributed by atoms with E-state index in [1.54, 1.807) is 0 Å². The van der Waals surface area contributed by atoms with Gasteiger partial charge in [0, 0.05) is 13.1 Å². The molecule has 0 saturated carbocycles. The second-order valence-electron chi connectivity index (χ2n) is 4.93. The van der Waals surface area contributed by atoms with Gasteiger partial charge >= 0.3 is 0 Å². The van der Waals surface area contributed by atoms with E-state index in [1.807, 2.05) is 6.92 Å². The molecule has 1 aromatic rings. The van der Waals surface area contributed by atoms with Gasteiger partial charge in [0.25, 0.3) is 0 Å². The summed E-state index contributed by atoms with van der Waals surface area (Å²) in [6, 6.07) is 2.11. The van der Waals surface area contributed by atoms with E-state index in [4.69, 9.17) is 0 Å². The number of benzene rings is 1. The van der Waals surface area contributed by atoms with Crippen LogP contribution in [0.15, 0.2) is 6.07 Å². The van der Waals surface area contributed by atoms with Gasteiger partial charge in [-0.3, -0.25) is 0 Å². The van der Waals surface area contributed by atoms with E-state index < -0.39 is 0 Å². The Morgan fingerprint density at radius 3 is 2.12 bits per heavy atom. The van der Waals surface area contributed by atoms with Gasteiger partial charge < -0.3 is 10.0 Å². The van der Waals surface area contributed by atoms with Gasteiger partial charge in [-0.25, -0.2) is 0 Å². The number of aromatic hydroxyl groups is 1. The highest BCUT2D eigenvalue weighted by molar-refractivity contribution is 5.68. The number of anilines is 1. The van der Waals surface area contributed by atoms with Crippen LogP contribution >= 0.6 is 0 Å². The minimum absolute atomic E-state index is 0.440. The van der Waals surface area contributed by atoms with E-state index in [9.17, 15) is 5.11 Å². The van der Waals surface area contributed by atoms with Crippen LogP contribution < -0.4 is 4.90 Å². The quantitative estimate of drug-likeness (QED) is 0.853. The molecule has 0 unspecified atom stereocenters. The maximum atomic E-state index is 10.3. The Morgan fingerprint density at radius 1 is 1.18 bits per heavy atom. The van der Waals surface area contributed by atoms with Gasteiger partial charge in [-0.2, -0.15) is 0 Å². The number of rotatable bonds is 4. The SMILES string of the molecule is CCN(CC)c1c(C)c(C(C)C)cc(C)c1O. The number of nitrogens with zero attached hydrogens (tertiary/aromatic N) is 1. The molecule has 0 saturated heterocycles. The Morgan fingerprint density at radius 2 is 1.71 bits per heavy atom. The van der Waals surface area contributed by atoms with Crippen LogP contribution in [0.4, 0.5) is 5.69 Å². The predicted octanol–water partition coefficient (Wildman–Crippen LogP) is 3.98. The average Bonchev–Trinajstić information content (AvgIpc) is 2.28. The Balaban J connectivity index is 3.46. The Labute approximate surface area is 105 Å². The van der Waals surface area contributed by atoms with Crippen molar-refractivity contribution < 1.29 is 5.11 Å². The normalized spacial score (nSPS) is 11.0. The first-order valence-corrected chi connectivity index (χ1v) is 6.51. The summed E-state index contributed by atoms with van der Waals surface area (Å²) in [5.74, 6) is 0.930. The van der Waals surface area contributed by atoms with Crippen LogP contribution in [0.25, 0.3) is 0 Å². The fourth-order valence-electron chi connectivity index (χ4n) is 2.44. The Bertz CT molecular complexity index is 392. The van der Waals surface area contributed by atoms with Crippen molar-refractivity contribution in [2.75, 3.05) is 18.0 Å². The van der Waals surface area contributed by atoms with E-state index in [1.165, 1.54) is 11.1 Å². The molecule has 0 spiro atoms. The molecule has 0 aromatic heterocycles. The van der Waals surface area contributed by atoms with E-state index in [0.29, 0.717) is 11.7 Å². The lowest BCUT2D eigenvalue weighted by Crippen LogP contribution is -2.23. The maximum absolute atomic E-state index is 10.3. The van der Waals surface area contributed by atoms with Crippen LogP contribution in [0.3, 0.4) is 0 Å². The van der Waals surface area contributed by atoms with E-state index in [-0.39, 0.29) is 0 Å². The highest BCUT2D eigenvalue weighted by Crippen LogP contribution is 2.38. The highest BCUT2D eigenvalue weighted by atomic mass is 16.3. The van der Waals surface area contributed by atoms with Crippen molar-refractivity contribution in [1.29, 1.82) is 0 Å². The molecule has 17 heavy (non-hydrogen) atoms. The molecule has 0 amide bonds. The van der Waals surface area contributed by atoms with Crippen molar-refractivity contribution in [2.24, 2.45) is 0 Å². The zero-order valence-electron chi connectivity index (χ0n) is 12.0. The zero-order chi connectivity index (χ0) is 13.2. The molecule has 1 N–H and O–H groups in total. The van der Waals surface area contributed by atoms with Crippen molar-refractivity contribution >= 4 is 5.69 Å². The number of hydrogen-bond donors (Lipinski definition) is 1. The highest BCUT2D eigenvalue weighted by Gasteiger charge is 2.17. The van der Waals surface area contributed by atoms with Gasteiger partial charge in [0.2, 0.25) is 0 Å². The van der Waals surface area contributed by atoms with Gasteiger partial charge in [-0.1, -0.05) is 19.9 Å². The maximum Gasteiger partial charge on any atom is 0.142 e. The third-order valence-electron chi connectivity index (χ3n) is 3.46. The minimum Gasteiger partial charge on any atom is -0.505 e.